The van der Waals surface area contributed by atoms with Gasteiger partial charge in [-0.3, -0.25) is 9.48 Å². The lowest BCUT2D eigenvalue weighted by molar-refractivity contribution is -0.122. The number of hydrogen-bond acceptors (Lipinski definition) is 2. The molecule has 0 saturated carbocycles. The van der Waals surface area contributed by atoms with Crippen LogP contribution in [0.3, 0.4) is 0 Å². The Kier molecular flexibility index (Phi) is 5.61. The zero-order chi connectivity index (χ0) is 16.1. The smallest absolute Gasteiger partial charge is 0.222 e. The molecule has 1 unspecified atom stereocenters. The van der Waals surface area contributed by atoms with Crippen molar-refractivity contribution >= 4 is 17.5 Å². The van der Waals surface area contributed by atoms with Crippen LogP contribution in [0, 0.1) is 12.8 Å². The summed E-state index contributed by atoms with van der Waals surface area (Å²) in [6.07, 6.45) is 3.67. The van der Waals surface area contributed by atoms with Gasteiger partial charge in [-0.15, -0.1) is 0 Å². The van der Waals surface area contributed by atoms with Crippen LogP contribution < -0.4 is 5.32 Å². The number of nitrogens with zero attached hydrogens (tertiary/aromatic N) is 2. The molecule has 2 rings (SSSR count). The maximum Gasteiger partial charge on any atom is 0.222 e. The van der Waals surface area contributed by atoms with Gasteiger partial charge < -0.3 is 5.32 Å². The highest BCUT2D eigenvalue weighted by Crippen LogP contribution is 2.22. The molecule has 0 saturated heterocycles. The largest absolute Gasteiger partial charge is 0.349 e. The van der Waals surface area contributed by atoms with E-state index in [0.29, 0.717) is 23.9 Å². The van der Waals surface area contributed by atoms with E-state index in [1.165, 1.54) is 5.56 Å². The first-order valence-corrected chi connectivity index (χ1v) is 7.87. The molecule has 118 valence electrons. The van der Waals surface area contributed by atoms with Crippen molar-refractivity contribution in [3.05, 3.63) is 52.8 Å². The van der Waals surface area contributed by atoms with Crippen molar-refractivity contribution in [2.45, 2.75) is 39.8 Å². The second kappa shape index (κ2) is 7.45. The lowest BCUT2D eigenvalue weighted by Crippen LogP contribution is -2.32. The minimum absolute atomic E-state index is 0.0202. The van der Waals surface area contributed by atoms with Gasteiger partial charge in [0.1, 0.15) is 0 Å². The molecule has 0 aliphatic heterocycles. The number of hydrogen-bond donors (Lipinski definition) is 1. The van der Waals surface area contributed by atoms with Crippen LogP contribution in [-0.2, 0) is 11.3 Å². The van der Waals surface area contributed by atoms with Gasteiger partial charge in [-0.25, -0.2) is 0 Å². The average Bonchev–Trinajstić information content (AvgIpc) is 2.88. The zero-order valence-corrected chi connectivity index (χ0v) is 14.0. The summed E-state index contributed by atoms with van der Waals surface area (Å²) in [5.74, 6) is 0.344. The summed E-state index contributed by atoms with van der Waals surface area (Å²) in [5.41, 5.74) is 2.34. The Balaban J connectivity index is 1.97. The SMILES string of the molecule is Cc1cccc(C(NC(=O)CCn2cc(Cl)cn2)C(C)C)c1. The van der Waals surface area contributed by atoms with Gasteiger partial charge in [-0.2, -0.15) is 5.10 Å². The first-order valence-electron chi connectivity index (χ1n) is 7.49. The second-order valence-corrected chi connectivity index (χ2v) is 6.31. The van der Waals surface area contributed by atoms with Crippen molar-refractivity contribution in [2.75, 3.05) is 0 Å². The zero-order valence-electron chi connectivity index (χ0n) is 13.2. The maximum absolute atomic E-state index is 12.2. The molecule has 0 radical (unpaired) electrons. The first kappa shape index (κ1) is 16.6. The second-order valence-electron chi connectivity index (χ2n) is 5.87. The fourth-order valence-corrected chi connectivity index (χ4v) is 2.58. The average molecular weight is 320 g/mol. The van der Waals surface area contributed by atoms with Gasteiger partial charge in [0, 0.05) is 19.2 Å². The molecule has 0 fully saturated rings. The minimum atomic E-state index is 0.0202. The summed E-state index contributed by atoms with van der Waals surface area (Å²) < 4.78 is 1.68. The van der Waals surface area contributed by atoms with Crippen LogP contribution in [0.5, 0.6) is 0 Å². The fourth-order valence-electron chi connectivity index (χ4n) is 2.42. The number of halogens is 1. The molecule has 0 aliphatic rings. The van der Waals surface area contributed by atoms with Crippen molar-refractivity contribution in [3.8, 4) is 0 Å². The van der Waals surface area contributed by atoms with Crippen LogP contribution in [0.15, 0.2) is 36.7 Å². The number of carbonyl (C=O) groups excluding carboxylic acids is 1. The Bertz CT molecular complexity index is 636. The van der Waals surface area contributed by atoms with E-state index in [2.05, 4.69) is 49.4 Å². The van der Waals surface area contributed by atoms with E-state index < -0.39 is 0 Å². The van der Waals surface area contributed by atoms with Crippen molar-refractivity contribution < 1.29 is 4.79 Å². The van der Waals surface area contributed by atoms with Crippen LogP contribution in [0.1, 0.15) is 37.4 Å². The van der Waals surface area contributed by atoms with Gasteiger partial charge >= 0.3 is 0 Å². The molecule has 4 nitrogen and oxygen atoms in total. The third-order valence-corrected chi connectivity index (χ3v) is 3.75. The predicted molar refractivity (Wildman–Crippen MR) is 88.8 cm³/mol. The molecule has 0 aliphatic carbocycles. The number of carbonyl (C=O) groups is 1. The van der Waals surface area contributed by atoms with Gasteiger partial charge in [0.05, 0.1) is 17.3 Å². The molecule has 0 bridgehead atoms. The van der Waals surface area contributed by atoms with E-state index in [1.54, 1.807) is 17.1 Å². The monoisotopic (exact) mass is 319 g/mol. The molecular formula is C17H22ClN3O. The van der Waals surface area contributed by atoms with Crippen LogP contribution in [-0.4, -0.2) is 15.7 Å². The lowest BCUT2D eigenvalue weighted by atomic mass is 9.94. The van der Waals surface area contributed by atoms with Crippen LogP contribution in [0.25, 0.3) is 0 Å². The van der Waals surface area contributed by atoms with E-state index >= 15 is 0 Å². The molecule has 22 heavy (non-hydrogen) atoms. The normalized spacial score (nSPS) is 12.4. The molecule has 0 spiro atoms. The summed E-state index contributed by atoms with van der Waals surface area (Å²) in [5, 5.41) is 7.78. The quantitative estimate of drug-likeness (QED) is 0.881. The van der Waals surface area contributed by atoms with Gasteiger partial charge in [-0.05, 0) is 18.4 Å². The molecule has 1 aromatic carbocycles. The van der Waals surface area contributed by atoms with Crippen LogP contribution in [0.2, 0.25) is 5.02 Å². The van der Waals surface area contributed by atoms with Gasteiger partial charge in [0.2, 0.25) is 5.91 Å². The van der Waals surface area contributed by atoms with Crippen LogP contribution in [0.4, 0.5) is 0 Å². The van der Waals surface area contributed by atoms with Crippen molar-refractivity contribution in [3.63, 3.8) is 0 Å². The molecule has 1 amide bonds. The van der Waals surface area contributed by atoms with Crippen molar-refractivity contribution in [1.29, 1.82) is 0 Å². The summed E-state index contributed by atoms with van der Waals surface area (Å²) in [7, 11) is 0. The summed E-state index contributed by atoms with van der Waals surface area (Å²) >= 11 is 5.81. The van der Waals surface area contributed by atoms with E-state index in [4.69, 9.17) is 11.6 Å². The third-order valence-electron chi connectivity index (χ3n) is 3.55. The molecule has 1 atom stereocenters. The van der Waals surface area contributed by atoms with Crippen molar-refractivity contribution in [2.24, 2.45) is 5.92 Å². The topological polar surface area (TPSA) is 46.9 Å². The standard InChI is InChI=1S/C17H22ClN3O/c1-12(2)17(14-6-4-5-13(3)9-14)20-16(22)7-8-21-11-15(18)10-19-21/h4-6,9-12,17H,7-8H2,1-3H3,(H,20,22). The Morgan fingerprint density at radius 3 is 2.77 bits per heavy atom. The Hall–Kier alpha value is -1.81. The predicted octanol–water partition coefficient (Wildman–Crippen LogP) is 3.75. The number of aromatic nitrogens is 2. The van der Waals surface area contributed by atoms with Crippen molar-refractivity contribution in [1.82, 2.24) is 15.1 Å². The first-order chi connectivity index (χ1) is 10.5. The highest BCUT2D eigenvalue weighted by molar-refractivity contribution is 6.30. The molecule has 1 N–H and O–H groups in total. The fraction of sp³-hybridized carbons (Fsp3) is 0.412. The number of rotatable bonds is 6. The number of amides is 1. The lowest BCUT2D eigenvalue weighted by Gasteiger charge is -2.23. The minimum Gasteiger partial charge on any atom is -0.349 e. The van der Waals surface area contributed by atoms with E-state index in [0.717, 1.165) is 5.56 Å². The van der Waals surface area contributed by atoms with E-state index in [-0.39, 0.29) is 11.9 Å². The Labute approximate surface area is 136 Å². The Morgan fingerprint density at radius 2 is 2.18 bits per heavy atom. The molecule has 2 aromatic rings. The van der Waals surface area contributed by atoms with E-state index in [1.807, 2.05) is 6.07 Å². The van der Waals surface area contributed by atoms with Gasteiger partial charge in [0.25, 0.3) is 0 Å². The van der Waals surface area contributed by atoms with E-state index in [9.17, 15) is 4.79 Å². The summed E-state index contributed by atoms with van der Waals surface area (Å²) in [6, 6.07) is 8.29. The summed E-state index contributed by atoms with van der Waals surface area (Å²) in [4.78, 5) is 12.2. The molecule has 1 aromatic heterocycles. The summed E-state index contributed by atoms with van der Waals surface area (Å²) in [6.45, 7) is 6.81. The Morgan fingerprint density at radius 1 is 1.41 bits per heavy atom. The number of benzene rings is 1. The molecule has 1 heterocycles. The number of nitrogens with one attached hydrogen (secondary N) is 1. The maximum atomic E-state index is 12.2. The third kappa shape index (κ3) is 4.60. The van der Waals surface area contributed by atoms with Gasteiger partial charge in [0.15, 0.2) is 0 Å². The molecule has 5 heteroatoms. The van der Waals surface area contributed by atoms with Gasteiger partial charge in [-0.1, -0.05) is 55.3 Å². The highest BCUT2D eigenvalue weighted by Gasteiger charge is 2.18. The molecular weight excluding hydrogens is 298 g/mol. The highest BCUT2D eigenvalue weighted by atomic mass is 35.5. The number of aryl methyl sites for hydroxylation is 2. The van der Waals surface area contributed by atoms with Crippen LogP contribution >= 0.6 is 11.6 Å².